The molecular weight excluding hydrogens is 292 g/mol. The standard InChI is InChI=1S/C17H20N4O2/c1-2-18-17(23)21-11-9-20(10-12-21)16(22)15-8-7-13-5-3-4-6-14(13)19-15/h3-8H,2,9-12H2,1H3,(H,18,23). The highest BCUT2D eigenvalue weighted by Crippen LogP contribution is 2.14. The molecule has 3 rings (SSSR count). The van der Waals surface area contributed by atoms with Crippen molar-refractivity contribution in [2.75, 3.05) is 32.7 Å². The first-order valence-corrected chi connectivity index (χ1v) is 7.87. The summed E-state index contributed by atoms with van der Waals surface area (Å²) in [6.45, 7) is 4.66. The van der Waals surface area contributed by atoms with Crippen molar-refractivity contribution in [3.8, 4) is 0 Å². The van der Waals surface area contributed by atoms with Crippen LogP contribution in [0.15, 0.2) is 36.4 Å². The number of para-hydroxylation sites is 1. The molecule has 6 heteroatoms. The van der Waals surface area contributed by atoms with Gasteiger partial charge in [0.2, 0.25) is 0 Å². The van der Waals surface area contributed by atoms with Crippen LogP contribution in [0.3, 0.4) is 0 Å². The Hall–Kier alpha value is -2.63. The van der Waals surface area contributed by atoms with Crippen LogP contribution in [0.1, 0.15) is 17.4 Å². The Labute approximate surface area is 135 Å². The molecule has 23 heavy (non-hydrogen) atoms. The number of urea groups is 1. The lowest BCUT2D eigenvalue weighted by Crippen LogP contribution is -2.53. The number of amides is 3. The summed E-state index contributed by atoms with van der Waals surface area (Å²) in [5.74, 6) is -0.0775. The molecule has 0 spiro atoms. The fourth-order valence-corrected chi connectivity index (χ4v) is 2.72. The molecule has 120 valence electrons. The normalized spacial score (nSPS) is 14.8. The summed E-state index contributed by atoms with van der Waals surface area (Å²) in [4.78, 5) is 32.3. The zero-order valence-corrected chi connectivity index (χ0v) is 13.2. The molecule has 1 aromatic heterocycles. The van der Waals surface area contributed by atoms with Crippen molar-refractivity contribution in [1.29, 1.82) is 0 Å². The lowest BCUT2D eigenvalue weighted by molar-refractivity contribution is 0.0660. The molecule has 1 aliphatic heterocycles. The third-order valence-corrected chi connectivity index (χ3v) is 4.00. The predicted molar refractivity (Wildman–Crippen MR) is 88.3 cm³/mol. The van der Waals surface area contributed by atoms with E-state index in [4.69, 9.17) is 0 Å². The van der Waals surface area contributed by atoms with Gasteiger partial charge in [-0.05, 0) is 19.1 Å². The number of benzene rings is 1. The summed E-state index contributed by atoms with van der Waals surface area (Å²) >= 11 is 0. The summed E-state index contributed by atoms with van der Waals surface area (Å²) < 4.78 is 0. The van der Waals surface area contributed by atoms with Crippen molar-refractivity contribution in [2.45, 2.75) is 6.92 Å². The van der Waals surface area contributed by atoms with E-state index in [1.807, 2.05) is 37.3 Å². The maximum absolute atomic E-state index is 12.6. The highest BCUT2D eigenvalue weighted by molar-refractivity contribution is 5.95. The van der Waals surface area contributed by atoms with Gasteiger partial charge in [-0.1, -0.05) is 24.3 Å². The smallest absolute Gasteiger partial charge is 0.317 e. The second-order valence-electron chi connectivity index (χ2n) is 5.50. The number of carbonyl (C=O) groups excluding carboxylic acids is 2. The number of carbonyl (C=O) groups is 2. The number of pyridine rings is 1. The SMILES string of the molecule is CCNC(=O)N1CCN(C(=O)c2ccc3ccccc3n2)CC1. The van der Waals surface area contributed by atoms with E-state index in [0.29, 0.717) is 38.4 Å². The van der Waals surface area contributed by atoms with Crippen molar-refractivity contribution in [1.82, 2.24) is 20.1 Å². The van der Waals surface area contributed by atoms with Crippen LogP contribution in [0, 0.1) is 0 Å². The van der Waals surface area contributed by atoms with Crippen molar-refractivity contribution >= 4 is 22.8 Å². The molecule has 0 saturated carbocycles. The minimum absolute atomic E-state index is 0.0663. The number of piperazine rings is 1. The Morgan fingerprint density at radius 3 is 2.48 bits per heavy atom. The molecule has 0 atom stereocenters. The van der Waals surface area contributed by atoms with E-state index in [1.54, 1.807) is 15.9 Å². The van der Waals surface area contributed by atoms with Gasteiger partial charge in [0.25, 0.3) is 5.91 Å². The molecule has 0 bridgehead atoms. The molecule has 1 aromatic carbocycles. The van der Waals surface area contributed by atoms with Gasteiger partial charge in [-0.15, -0.1) is 0 Å². The average Bonchev–Trinajstić information content (AvgIpc) is 2.61. The van der Waals surface area contributed by atoms with Gasteiger partial charge in [0.05, 0.1) is 5.52 Å². The fourth-order valence-electron chi connectivity index (χ4n) is 2.72. The van der Waals surface area contributed by atoms with Gasteiger partial charge in [0.1, 0.15) is 5.69 Å². The predicted octanol–water partition coefficient (Wildman–Crippen LogP) is 1.72. The molecule has 2 heterocycles. The lowest BCUT2D eigenvalue weighted by Gasteiger charge is -2.34. The van der Waals surface area contributed by atoms with Gasteiger partial charge in [-0.3, -0.25) is 4.79 Å². The van der Waals surface area contributed by atoms with Crippen molar-refractivity contribution in [3.05, 3.63) is 42.1 Å². The monoisotopic (exact) mass is 312 g/mol. The van der Waals surface area contributed by atoms with E-state index < -0.39 is 0 Å². The second-order valence-corrected chi connectivity index (χ2v) is 5.50. The minimum Gasteiger partial charge on any atom is -0.338 e. The summed E-state index contributed by atoms with van der Waals surface area (Å²) in [6.07, 6.45) is 0. The van der Waals surface area contributed by atoms with Crippen molar-refractivity contribution in [3.63, 3.8) is 0 Å². The van der Waals surface area contributed by atoms with Gasteiger partial charge in [0.15, 0.2) is 0 Å². The molecule has 2 aromatic rings. The Kier molecular flexibility index (Phi) is 4.41. The van der Waals surface area contributed by atoms with Crippen molar-refractivity contribution in [2.24, 2.45) is 0 Å². The molecular formula is C17H20N4O2. The van der Waals surface area contributed by atoms with Crippen LogP contribution in [-0.2, 0) is 0 Å². The van der Waals surface area contributed by atoms with E-state index in [-0.39, 0.29) is 11.9 Å². The van der Waals surface area contributed by atoms with E-state index >= 15 is 0 Å². The van der Waals surface area contributed by atoms with Gasteiger partial charge in [-0.2, -0.15) is 0 Å². The number of hydrogen-bond donors (Lipinski definition) is 1. The molecule has 1 fully saturated rings. The van der Waals surface area contributed by atoms with Gasteiger partial charge in [0, 0.05) is 38.1 Å². The van der Waals surface area contributed by atoms with Crippen LogP contribution in [0.4, 0.5) is 4.79 Å². The third kappa shape index (κ3) is 3.26. The van der Waals surface area contributed by atoms with E-state index in [1.165, 1.54) is 0 Å². The van der Waals surface area contributed by atoms with Crippen LogP contribution < -0.4 is 5.32 Å². The molecule has 0 aliphatic carbocycles. The highest BCUT2D eigenvalue weighted by atomic mass is 16.2. The third-order valence-electron chi connectivity index (χ3n) is 4.00. The first-order chi connectivity index (χ1) is 11.2. The molecule has 0 radical (unpaired) electrons. The molecule has 6 nitrogen and oxygen atoms in total. The maximum Gasteiger partial charge on any atom is 0.317 e. The van der Waals surface area contributed by atoms with Crippen LogP contribution in [0.25, 0.3) is 10.9 Å². The molecule has 1 N–H and O–H groups in total. The summed E-state index contributed by atoms with van der Waals surface area (Å²) in [7, 11) is 0. The minimum atomic E-state index is -0.0775. The Bertz CT molecular complexity index is 723. The van der Waals surface area contributed by atoms with Crippen LogP contribution >= 0.6 is 0 Å². The number of nitrogens with one attached hydrogen (secondary N) is 1. The quantitative estimate of drug-likeness (QED) is 0.918. The van der Waals surface area contributed by atoms with E-state index in [2.05, 4.69) is 10.3 Å². The van der Waals surface area contributed by atoms with Crippen LogP contribution in [0.5, 0.6) is 0 Å². The van der Waals surface area contributed by atoms with Gasteiger partial charge in [-0.25, -0.2) is 9.78 Å². The first-order valence-electron chi connectivity index (χ1n) is 7.87. The lowest BCUT2D eigenvalue weighted by atomic mass is 10.2. The van der Waals surface area contributed by atoms with Gasteiger partial charge < -0.3 is 15.1 Å². The maximum atomic E-state index is 12.6. The Balaban J connectivity index is 1.67. The number of nitrogens with zero attached hydrogens (tertiary/aromatic N) is 3. The molecule has 1 saturated heterocycles. The zero-order chi connectivity index (χ0) is 16.2. The zero-order valence-electron chi connectivity index (χ0n) is 13.2. The van der Waals surface area contributed by atoms with Crippen LogP contribution in [-0.4, -0.2) is 59.4 Å². The topological polar surface area (TPSA) is 65.5 Å². The number of rotatable bonds is 2. The summed E-state index contributed by atoms with van der Waals surface area (Å²) in [5.41, 5.74) is 1.27. The van der Waals surface area contributed by atoms with Gasteiger partial charge >= 0.3 is 6.03 Å². The largest absolute Gasteiger partial charge is 0.338 e. The fraction of sp³-hybridized carbons (Fsp3) is 0.353. The highest BCUT2D eigenvalue weighted by Gasteiger charge is 2.25. The summed E-state index contributed by atoms with van der Waals surface area (Å²) in [5, 5.41) is 3.80. The number of aromatic nitrogens is 1. The molecule has 1 aliphatic rings. The number of fused-ring (bicyclic) bond motifs is 1. The molecule has 3 amide bonds. The summed E-state index contributed by atoms with van der Waals surface area (Å²) in [6, 6.07) is 11.4. The Morgan fingerprint density at radius 1 is 1.04 bits per heavy atom. The van der Waals surface area contributed by atoms with E-state index in [0.717, 1.165) is 10.9 Å². The average molecular weight is 312 g/mol. The van der Waals surface area contributed by atoms with Crippen molar-refractivity contribution < 1.29 is 9.59 Å². The van der Waals surface area contributed by atoms with E-state index in [9.17, 15) is 9.59 Å². The number of hydrogen-bond acceptors (Lipinski definition) is 3. The Morgan fingerprint density at radius 2 is 1.74 bits per heavy atom. The molecule has 0 unspecified atom stereocenters. The second kappa shape index (κ2) is 6.64. The van der Waals surface area contributed by atoms with Crippen LogP contribution in [0.2, 0.25) is 0 Å². The first kappa shape index (κ1) is 15.3.